The zero-order valence-corrected chi connectivity index (χ0v) is 23.3. The summed E-state index contributed by atoms with van der Waals surface area (Å²) < 4.78 is 1.95. The summed E-state index contributed by atoms with van der Waals surface area (Å²) in [7, 11) is 1.98. The molecule has 0 radical (unpaired) electrons. The lowest BCUT2D eigenvalue weighted by Gasteiger charge is -2.32. The average Bonchev–Trinajstić information content (AvgIpc) is 3.59. The van der Waals surface area contributed by atoms with Crippen molar-refractivity contribution in [3.05, 3.63) is 83.3 Å². The molecule has 0 bridgehead atoms. The van der Waals surface area contributed by atoms with Crippen molar-refractivity contribution in [1.82, 2.24) is 14.4 Å². The molecule has 0 N–H and O–H groups in total. The number of carbonyl (C=O) groups is 1. The topological polar surface area (TPSA) is 116 Å². The second-order valence-corrected chi connectivity index (χ2v) is 11.2. The number of hydrogen-bond acceptors (Lipinski definition) is 8. The highest BCUT2D eigenvalue weighted by molar-refractivity contribution is 7.07. The van der Waals surface area contributed by atoms with Crippen LogP contribution in [0.3, 0.4) is 0 Å². The Balaban J connectivity index is 1.70. The van der Waals surface area contributed by atoms with Crippen LogP contribution in [-0.2, 0) is 4.79 Å². The summed E-state index contributed by atoms with van der Waals surface area (Å²) in [6.07, 6.45) is 3.58. The van der Waals surface area contributed by atoms with Crippen LogP contribution < -0.4 is 19.7 Å². The van der Waals surface area contributed by atoms with Crippen LogP contribution in [0.15, 0.2) is 47.3 Å². The molecule has 5 rings (SSSR count). The summed E-state index contributed by atoms with van der Waals surface area (Å²) >= 11 is 1.05. The molecule has 2 aliphatic heterocycles. The molecule has 11 heteroatoms. The van der Waals surface area contributed by atoms with Crippen molar-refractivity contribution in [2.45, 2.75) is 19.8 Å². The van der Waals surface area contributed by atoms with E-state index in [9.17, 15) is 25.0 Å². The fourth-order valence-corrected chi connectivity index (χ4v) is 6.28. The predicted molar refractivity (Wildman–Crippen MR) is 155 cm³/mol. The fourth-order valence-electron chi connectivity index (χ4n) is 5.19. The molecule has 0 spiro atoms. The van der Waals surface area contributed by atoms with E-state index in [1.807, 2.05) is 31.0 Å². The van der Waals surface area contributed by atoms with E-state index in [-0.39, 0.29) is 26.0 Å². The molecule has 3 heterocycles. The Kier molecular flexibility index (Phi) is 7.82. The number of likely N-dealkylation sites (N-methyl/N-ethyl adjacent to an activating group) is 1. The van der Waals surface area contributed by atoms with E-state index in [4.69, 9.17) is 0 Å². The number of nitro benzene ring substituents is 1. The summed E-state index contributed by atoms with van der Waals surface area (Å²) in [5.74, 6) is -0.406. The first-order valence-corrected chi connectivity index (χ1v) is 14.1. The second kappa shape index (κ2) is 11.5. The zero-order chi connectivity index (χ0) is 28.4. The van der Waals surface area contributed by atoms with Gasteiger partial charge in [-0.1, -0.05) is 24.3 Å². The minimum atomic E-state index is -0.406. The van der Waals surface area contributed by atoms with Crippen LogP contribution in [0.25, 0.3) is 17.3 Å². The van der Waals surface area contributed by atoms with Crippen LogP contribution in [-0.4, -0.2) is 71.5 Å². The summed E-state index contributed by atoms with van der Waals surface area (Å²) in [5.41, 5.74) is 1.96. The maximum absolute atomic E-state index is 13.8. The SMILES string of the molecule is Cc1ccccc1-n1c(=O)/c(=C\c2ccc(N3CCCC3)c([N+](=O)[O-])c2)s/c1=C(/C#N)C(=O)N1CCN(C)CC1. The van der Waals surface area contributed by atoms with Gasteiger partial charge in [0.05, 0.1) is 15.1 Å². The minimum absolute atomic E-state index is 0.0128. The van der Waals surface area contributed by atoms with Gasteiger partial charge in [0.1, 0.15) is 16.4 Å². The van der Waals surface area contributed by atoms with Gasteiger partial charge in [0.2, 0.25) is 0 Å². The standard InChI is InChI=1S/C29H30N6O4S/c1-20-7-3-4-8-23(20)34-28(37)26(40-29(34)22(19-30)27(36)33-15-13-31(2)14-16-33)18-21-9-10-24(25(17-21)35(38)39)32-11-5-6-12-32/h3-4,7-10,17-18H,5-6,11-16H2,1-2H3/b26-18+,29-22-. The molecule has 3 aromatic rings. The van der Waals surface area contributed by atoms with E-state index in [0.29, 0.717) is 43.1 Å². The molecule has 2 fully saturated rings. The molecule has 1 amide bonds. The number of nitro groups is 1. The van der Waals surface area contributed by atoms with Crippen molar-refractivity contribution in [1.29, 1.82) is 5.26 Å². The van der Waals surface area contributed by atoms with Gasteiger partial charge in [0.25, 0.3) is 17.2 Å². The number of nitrogens with zero attached hydrogens (tertiary/aromatic N) is 6. The molecule has 10 nitrogen and oxygen atoms in total. The van der Waals surface area contributed by atoms with E-state index < -0.39 is 10.8 Å². The van der Waals surface area contributed by atoms with Crippen LogP contribution in [0.1, 0.15) is 24.0 Å². The number of benzene rings is 2. The van der Waals surface area contributed by atoms with Crippen LogP contribution in [0, 0.1) is 28.4 Å². The number of thiazole rings is 1. The molecule has 2 saturated heterocycles. The van der Waals surface area contributed by atoms with Crippen molar-refractivity contribution in [2.24, 2.45) is 0 Å². The number of aromatic nitrogens is 1. The quantitative estimate of drug-likeness (QED) is 0.347. The van der Waals surface area contributed by atoms with Gasteiger partial charge in [0, 0.05) is 45.3 Å². The number of carbonyl (C=O) groups excluding carboxylic acids is 1. The van der Waals surface area contributed by atoms with E-state index in [2.05, 4.69) is 11.0 Å². The van der Waals surface area contributed by atoms with Crippen molar-refractivity contribution in [3.63, 3.8) is 0 Å². The molecule has 0 unspecified atom stereocenters. The van der Waals surface area contributed by atoms with E-state index in [1.54, 1.807) is 35.2 Å². The molecule has 0 atom stereocenters. The highest BCUT2D eigenvalue weighted by atomic mass is 32.1. The summed E-state index contributed by atoms with van der Waals surface area (Å²) in [6.45, 7) is 5.79. The number of nitriles is 1. The Labute approximate surface area is 235 Å². The third kappa shape index (κ3) is 5.28. The average molecular weight is 559 g/mol. The molecular formula is C29H30N6O4S. The zero-order valence-electron chi connectivity index (χ0n) is 22.5. The Morgan fingerprint density at radius 1 is 1.05 bits per heavy atom. The highest BCUT2D eigenvalue weighted by Crippen LogP contribution is 2.31. The summed E-state index contributed by atoms with van der Waals surface area (Å²) in [4.78, 5) is 44.7. The second-order valence-electron chi connectivity index (χ2n) is 10.1. The smallest absolute Gasteiger partial charge is 0.293 e. The van der Waals surface area contributed by atoms with Crippen molar-refractivity contribution >= 4 is 40.3 Å². The van der Waals surface area contributed by atoms with Gasteiger partial charge in [-0.3, -0.25) is 24.3 Å². The van der Waals surface area contributed by atoms with Gasteiger partial charge >= 0.3 is 0 Å². The lowest BCUT2D eigenvalue weighted by molar-refractivity contribution is -0.384. The Morgan fingerprint density at radius 2 is 1.75 bits per heavy atom. The van der Waals surface area contributed by atoms with Gasteiger partial charge in [-0.25, -0.2) is 0 Å². The third-order valence-corrected chi connectivity index (χ3v) is 8.54. The van der Waals surface area contributed by atoms with Gasteiger partial charge in [0.15, 0.2) is 5.57 Å². The Hall–Kier alpha value is -4.27. The number of hydrogen-bond donors (Lipinski definition) is 0. The van der Waals surface area contributed by atoms with E-state index in [0.717, 1.165) is 42.8 Å². The number of amides is 1. The van der Waals surface area contributed by atoms with Crippen molar-refractivity contribution < 1.29 is 9.72 Å². The maximum Gasteiger partial charge on any atom is 0.293 e. The number of rotatable bonds is 5. The fraction of sp³-hybridized carbons (Fsp3) is 0.345. The van der Waals surface area contributed by atoms with Gasteiger partial charge < -0.3 is 14.7 Å². The number of aryl methyl sites for hydroxylation is 1. The van der Waals surface area contributed by atoms with Crippen molar-refractivity contribution in [3.8, 4) is 11.8 Å². The largest absolute Gasteiger partial charge is 0.366 e. The minimum Gasteiger partial charge on any atom is -0.366 e. The summed E-state index contributed by atoms with van der Waals surface area (Å²) in [5, 5.41) is 22.1. The number of para-hydroxylation sites is 1. The molecule has 0 aliphatic carbocycles. The first-order chi connectivity index (χ1) is 19.3. The lowest BCUT2D eigenvalue weighted by Crippen LogP contribution is -2.48. The Bertz CT molecular complexity index is 1690. The van der Waals surface area contributed by atoms with E-state index >= 15 is 0 Å². The van der Waals surface area contributed by atoms with Gasteiger partial charge in [-0.15, -0.1) is 11.3 Å². The predicted octanol–water partition coefficient (Wildman–Crippen LogP) is 1.99. The monoisotopic (exact) mass is 558 g/mol. The maximum atomic E-state index is 13.8. The summed E-state index contributed by atoms with van der Waals surface area (Å²) in [6, 6.07) is 14.4. The third-order valence-electron chi connectivity index (χ3n) is 7.45. The molecule has 0 saturated carbocycles. The van der Waals surface area contributed by atoms with E-state index in [1.165, 1.54) is 10.6 Å². The normalized spacial score (nSPS) is 17.2. The highest BCUT2D eigenvalue weighted by Gasteiger charge is 2.26. The first kappa shape index (κ1) is 27.3. The van der Waals surface area contributed by atoms with Crippen LogP contribution in [0.5, 0.6) is 0 Å². The first-order valence-electron chi connectivity index (χ1n) is 13.2. The van der Waals surface area contributed by atoms with Gasteiger partial charge in [-0.05, 0) is 56.1 Å². The van der Waals surface area contributed by atoms with Crippen molar-refractivity contribution in [2.75, 3.05) is 51.2 Å². The molecular weight excluding hydrogens is 528 g/mol. The Morgan fingerprint density at radius 3 is 2.40 bits per heavy atom. The molecule has 2 aliphatic rings. The van der Waals surface area contributed by atoms with Crippen LogP contribution >= 0.6 is 11.3 Å². The number of anilines is 1. The molecule has 1 aromatic heterocycles. The number of piperazine rings is 1. The van der Waals surface area contributed by atoms with Gasteiger partial charge in [-0.2, -0.15) is 5.26 Å². The molecule has 206 valence electrons. The van der Waals surface area contributed by atoms with Crippen LogP contribution in [0.4, 0.5) is 11.4 Å². The molecule has 40 heavy (non-hydrogen) atoms. The van der Waals surface area contributed by atoms with Crippen LogP contribution in [0.2, 0.25) is 0 Å². The molecule has 2 aromatic carbocycles. The lowest BCUT2D eigenvalue weighted by atomic mass is 10.1.